The molecule has 1 fully saturated rings. The zero-order valence-electron chi connectivity index (χ0n) is 16.2. The molecule has 150 valence electrons. The van der Waals surface area contributed by atoms with Crippen LogP contribution in [-0.2, 0) is 11.3 Å². The Kier molecular flexibility index (Phi) is 7.90. The molecule has 1 aliphatic rings. The Balaban J connectivity index is 0.00000261. The van der Waals surface area contributed by atoms with Gasteiger partial charge in [0.05, 0.1) is 17.7 Å². The van der Waals surface area contributed by atoms with E-state index in [0.29, 0.717) is 13.1 Å². The van der Waals surface area contributed by atoms with E-state index in [4.69, 9.17) is 0 Å². The minimum absolute atomic E-state index is 0. The lowest BCUT2D eigenvalue weighted by Crippen LogP contribution is -2.49. The maximum atomic E-state index is 12.7. The molecule has 2 aromatic heterocycles. The molecule has 0 unspecified atom stereocenters. The highest BCUT2D eigenvalue weighted by Gasteiger charge is 2.42. The van der Waals surface area contributed by atoms with E-state index >= 15 is 0 Å². The van der Waals surface area contributed by atoms with E-state index in [9.17, 15) is 4.79 Å². The molecule has 1 amide bonds. The van der Waals surface area contributed by atoms with Crippen molar-refractivity contribution in [1.29, 1.82) is 0 Å². The van der Waals surface area contributed by atoms with Gasteiger partial charge < -0.3 is 15.5 Å². The van der Waals surface area contributed by atoms with Gasteiger partial charge in [0.25, 0.3) is 0 Å². The number of nitrogens with one attached hydrogen (secondary N) is 2. The predicted molar refractivity (Wildman–Crippen MR) is 121 cm³/mol. The number of carbonyl (C=O) groups excluding carboxylic acids is 1. The fourth-order valence-corrected chi connectivity index (χ4v) is 4.32. The highest BCUT2D eigenvalue weighted by atomic mass is 127. The molecular formula is C18H29IN6OS. The zero-order chi connectivity index (χ0) is 18.6. The van der Waals surface area contributed by atoms with Gasteiger partial charge in [-0.15, -0.1) is 35.3 Å². The number of rotatable bonds is 6. The molecule has 0 aliphatic heterocycles. The Morgan fingerprint density at radius 3 is 2.74 bits per heavy atom. The van der Waals surface area contributed by atoms with E-state index in [0.717, 1.165) is 48.8 Å². The third-order valence-electron chi connectivity index (χ3n) is 4.90. The van der Waals surface area contributed by atoms with Crippen molar-refractivity contribution in [2.75, 3.05) is 27.2 Å². The summed E-state index contributed by atoms with van der Waals surface area (Å²) in [4.78, 5) is 24.6. The Morgan fingerprint density at radius 2 is 2.11 bits per heavy atom. The lowest BCUT2D eigenvalue weighted by atomic mass is 9.84. The van der Waals surface area contributed by atoms with Crippen LogP contribution in [0.1, 0.15) is 38.3 Å². The fraction of sp³-hybridized carbons (Fsp3) is 0.611. The summed E-state index contributed by atoms with van der Waals surface area (Å²) in [6.45, 7) is 3.95. The standard InChI is InChI=1S/C18H28N6OS.HI/c1-4-19-16(20-11-14-12-24-9-10-26-17(24)22-14)21-13-18(7-5-6-8-18)15(25)23(2)3;/h9-10,12H,4-8,11,13H2,1-3H3,(H2,19,20,21);1H. The summed E-state index contributed by atoms with van der Waals surface area (Å²) in [5.41, 5.74) is 0.630. The fourth-order valence-electron chi connectivity index (χ4n) is 3.60. The first-order valence-corrected chi connectivity index (χ1v) is 10.1. The van der Waals surface area contributed by atoms with E-state index in [-0.39, 0.29) is 35.3 Å². The van der Waals surface area contributed by atoms with E-state index in [1.165, 1.54) is 0 Å². The quantitative estimate of drug-likeness (QED) is 0.361. The topological polar surface area (TPSA) is 74.0 Å². The summed E-state index contributed by atoms with van der Waals surface area (Å²) in [6, 6.07) is 0. The van der Waals surface area contributed by atoms with E-state index in [1.54, 1.807) is 16.2 Å². The smallest absolute Gasteiger partial charge is 0.230 e. The molecule has 2 aromatic rings. The van der Waals surface area contributed by atoms with Crippen LogP contribution in [0.2, 0.25) is 0 Å². The molecule has 1 aliphatic carbocycles. The van der Waals surface area contributed by atoms with Crippen LogP contribution >= 0.6 is 35.3 Å². The molecule has 27 heavy (non-hydrogen) atoms. The number of hydrogen-bond acceptors (Lipinski definition) is 4. The second-order valence-corrected chi connectivity index (χ2v) is 7.93. The Morgan fingerprint density at radius 1 is 1.37 bits per heavy atom. The van der Waals surface area contributed by atoms with Crippen molar-refractivity contribution in [3.8, 4) is 0 Å². The van der Waals surface area contributed by atoms with Crippen molar-refractivity contribution in [2.24, 2.45) is 10.4 Å². The molecule has 0 bridgehead atoms. The number of amides is 1. The van der Waals surface area contributed by atoms with Gasteiger partial charge in [0, 0.05) is 45.0 Å². The normalized spacial score (nSPS) is 16.2. The zero-order valence-corrected chi connectivity index (χ0v) is 19.3. The van der Waals surface area contributed by atoms with Crippen LogP contribution in [0.15, 0.2) is 22.8 Å². The van der Waals surface area contributed by atoms with Crippen molar-refractivity contribution in [1.82, 2.24) is 24.9 Å². The van der Waals surface area contributed by atoms with Gasteiger partial charge in [0.2, 0.25) is 5.91 Å². The third kappa shape index (κ3) is 5.13. The maximum Gasteiger partial charge on any atom is 0.230 e. The number of fused-ring (bicyclic) bond motifs is 1. The molecule has 3 rings (SSSR count). The summed E-state index contributed by atoms with van der Waals surface area (Å²) in [6.07, 6.45) is 8.11. The molecule has 0 spiro atoms. The van der Waals surface area contributed by atoms with Crippen LogP contribution < -0.4 is 10.6 Å². The Labute approximate surface area is 181 Å². The first-order chi connectivity index (χ1) is 12.5. The van der Waals surface area contributed by atoms with Crippen LogP contribution in [0, 0.1) is 5.41 Å². The maximum absolute atomic E-state index is 12.7. The van der Waals surface area contributed by atoms with Crippen LogP contribution in [0.3, 0.4) is 0 Å². The number of aromatic nitrogens is 2. The number of nitrogens with zero attached hydrogens (tertiary/aromatic N) is 4. The molecule has 7 nitrogen and oxygen atoms in total. The van der Waals surface area contributed by atoms with Gasteiger partial charge >= 0.3 is 0 Å². The van der Waals surface area contributed by atoms with Crippen LogP contribution in [-0.4, -0.2) is 53.3 Å². The van der Waals surface area contributed by atoms with Gasteiger partial charge in [-0.05, 0) is 19.8 Å². The molecule has 1 saturated carbocycles. The first kappa shape index (κ1) is 21.9. The van der Waals surface area contributed by atoms with Gasteiger partial charge in [-0.25, -0.2) is 9.98 Å². The van der Waals surface area contributed by atoms with Crippen LogP contribution in [0.4, 0.5) is 0 Å². The summed E-state index contributed by atoms with van der Waals surface area (Å²) in [5, 5.41) is 8.69. The number of hydrogen-bond donors (Lipinski definition) is 2. The SMILES string of the molecule is CCNC(=NCc1cn2ccsc2n1)NCC1(C(=O)N(C)C)CCCC1.I. The number of halogens is 1. The first-order valence-electron chi connectivity index (χ1n) is 9.19. The minimum atomic E-state index is -0.309. The minimum Gasteiger partial charge on any atom is -0.357 e. The van der Waals surface area contributed by atoms with Crippen LogP contribution in [0.25, 0.3) is 4.96 Å². The number of imidazole rings is 1. The lowest BCUT2D eigenvalue weighted by molar-refractivity contribution is -0.138. The molecule has 2 N–H and O–H groups in total. The largest absolute Gasteiger partial charge is 0.357 e. The number of aliphatic imine (C=N–C) groups is 1. The van der Waals surface area contributed by atoms with Crippen molar-refractivity contribution in [3.63, 3.8) is 0 Å². The van der Waals surface area contributed by atoms with Crippen molar-refractivity contribution in [3.05, 3.63) is 23.5 Å². The highest BCUT2D eigenvalue weighted by Crippen LogP contribution is 2.38. The van der Waals surface area contributed by atoms with Gasteiger partial charge in [-0.1, -0.05) is 12.8 Å². The number of thiazole rings is 1. The predicted octanol–water partition coefficient (Wildman–Crippen LogP) is 2.72. The number of guanidine groups is 1. The van der Waals surface area contributed by atoms with E-state index in [2.05, 4.69) is 20.6 Å². The number of carbonyl (C=O) groups is 1. The van der Waals surface area contributed by atoms with Gasteiger partial charge in [-0.2, -0.15) is 0 Å². The summed E-state index contributed by atoms with van der Waals surface area (Å²) in [7, 11) is 3.68. The van der Waals surface area contributed by atoms with Gasteiger partial charge in [0.1, 0.15) is 0 Å². The molecule has 9 heteroatoms. The lowest BCUT2D eigenvalue weighted by Gasteiger charge is -2.31. The third-order valence-corrected chi connectivity index (χ3v) is 5.67. The molecule has 0 radical (unpaired) electrons. The van der Waals surface area contributed by atoms with Crippen molar-refractivity contribution >= 4 is 52.1 Å². The van der Waals surface area contributed by atoms with Crippen molar-refractivity contribution in [2.45, 2.75) is 39.2 Å². The molecular weight excluding hydrogens is 475 g/mol. The molecule has 0 atom stereocenters. The molecule has 2 heterocycles. The summed E-state index contributed by atoms with van der Waals surface area (Å²) < 4.78 is 2.01. The second-order valence-electron chi connectivity index (χ2n) is 7.06. The van der Waals surface area contributed by atoms with Crippen molar-refractivity contribution < 1.29 is 4.79 Å². The summed E-state index contributed by atoms with van der Waals surface area (Å²) >= 11 is 1.62. The molecule has 0 saturated heterocycles. The average molecular weight is 504 g/mol. The highest BCUT2D eigenvalue weighted by molar-refractivity contribution is 14.0. The van der Waals surface area contributed by atoms with Crippen LogP contribution in [0.5, 0.6) is 0 Å². The second kappa shape index (κ2) is 9.72. The van der Waals surface area contributed by atoms with E-state index < -0.39 is 0 Å². The van der Waals surface area contributed by atoms with Gasteiger partial charge in [-0.3, -0.25) is 9.20 Å². The average Bonchev–Trinajstić information content (AvgIpc) is 3.32. The van der Waals surface area contributed by atoms with E-state index in [1.807, 2.05) is 43.2 Å². The Hall–Kier alpha value is -1.36. The Bertz CT molecular complexity index is 749. The monoisotopic (exact) mass is 504 g/mol. The molecule has 0 aromatic carbocycles. The van der Waals surface area contributed by atoms with Gasteiger partial charge in [0.15, 0.2) is 10.9 Å². The summed E-state index contributed by atoms with van der Waals surface area (Å²) in [5.74, 6) is 0.953.